The Balaban J connectivity index is 1.52. The maximum atomic E-state index is 9.37. The number of nitriles is 1. The summed E-state index contributed by atoms with van der Waals surface area (Å²) in [4.78, 5) is 9.83. The van der Waals surface area contributed by atoms with Crippen LogP contribution >= 0.6 is 11.6 Å². The Kier molecular flexibility index (Phi) is 8.63. The molecule has 186 valence electrons. The average Bonchev–Trinajstić information content (AvgIpc) is 3.43. The molecule has 5 heteroatoms. The molecule has 1 saturated heterocycles. The monoisotopic (exact) mass is 491 g/mol. The van der Waals surface area contributed by atoms with Crippen LogP contribution in [0.1, 0.15) is 82.8 Å². The topological polar surface area (TPSA) is 58.3 Å². The van der Waals surface area contributed by atoms with Crippen LogP contribution in [0.2, 0.25) is 5.02 Å². The molecular formula is C30H38ClN3O. The van der Waals surface area contributed by atoms with Gasteiger partial charge in [-0.15, -0.1) is 0 Å². The van der Waals surface area contributed by atoms with E-state index in [0.29, 0.717) is 22.8 Å². The van der Waals surface area contributed by atoms with Crippen molar-refractivity contribution in [2.24, 2.45) is 22.7 Å². The van der Waals surface area contributed by atoms with Crippen molar-refractivity contribution in [3.05, 3.63) is 46.5 Å². The highest BCUT2D eigenvalue weighted by molar-refractivity contribution is 6.33. The first kappa shape index (κ1) is 25.9. The molecule has 4 nitrogen and oxygen atoms in total. The lowest BCUT2D eigenvalue weighted by Crippen LogP contribution is -2.20. The zero-order valence-electron chi connectivity index (χ0n) is 21.6. The molecule has 35 heavy (non-hydrogen) atoms. The second-order valence-corrected chi connectivity index (χ2v) is 10.8. The van der Waals surface area contributed by atoms with Crippen molar-refractivity contribution in [3.8, 4) is 17.3 Å². The van der Waals surface area contributed by atoms with E-state index in [2.05, 4.69) is 51.1 Å². The van der Waals surface area contributed by atoms with Crippen molar-refractivity contribution < 1.29 is 4.74 Å². The third-order valence-electron chi connectivity index (χ3n) is 7.83. The van der Waals surface area contributed by atoms with Crippen LogP contribution in [0.4, 0.5) is 5.82 Å². The average molecular weight is 492 g/mol. The second kappa shape index (κ2) is 11.7. The smallest absolute Gasteiger partial charge is 0.155 e. The minimum Gasteiger partial charge on any atom is -0.376 e. The molecular weight excluding hydrogens is 454 g/mol. The summed E-state index contributed by atoms with van der Waals surface area (Å²) in [6.07, 6.45) is 7.87. The highest BCUT2D eigenvalue weighted by Crippen LogP contribution is 2.44. The van der Waals surface area contributed by atoms with Gasteiger partial charge in [0.2, 0.25) is 0 Å². The van der Waals surface area contributed by atoms with Gasteiger partial charge in [0, 0.05) is 11.3 Å². The molecule has 1 aliphatic heterocycles. The van der Waals surface area contributed by atoms with Gasteiger partial charge in [-0.25, -0.2) is 9.98 Å². The molecule has 1 aromatic heterocycles. The molecule has 1 aromatic carbocycles. The predicted octanol–water partition coefficient (Wildman–Crippen LogP) is 8.44. The molecule has 0 amide bonds. The highest BCUT2D eigenvalue weighted by atomic mass is 35.5. The first-order valence-electron chi connectivity index (χ1n) is 13.3. The van der Waals surface area contributed by atoms with E-state index in [1.165, 1.54) is 31.2 Å². The molecule has 2 aliphatic rings. The van der Waals surface area contributed by atoms with Crippen molar-refractivity contribution in [1.82, 2.24) is 4.98 Å². The first-order valence-corrected chi connectivity index (χ1v) is 13.7. The fraction of sp³-hybridized carbons (Fsp3) is 0.567. The lowest BCUT2D eigenvalue weighted by Gasteiger charge is -2.17. The van der Waals surface area contributed by atoms with Crippen molar-refractivity contribution in [3.63, 3.8) is 0 Å². The molecule has 0 spiro atoms. The maximum Gasteiger partial charge on any atom is 0.155 e. The minimum absolute atomic E-state index is 0.0515. The second-order valence-electron chi connectivity index (χ2n) is 10.4. The molecule has 2 heterocycles. The van der Waals surface area contributed by atoms with Crippen molar-refractivity contribution in [2.45, 2.75) is 84.7 Å². The number of rotatable bonds is 9. The van der Waals surface area contributed by atoms with Gasteiger partial charge in [0.05, 0.1) is 35.4 Å². The maximum absolute atomic E-state index is 9.37. The SMILES string of the molecule is CCCC(CCC)c1ccc(-c2nc(N=C(C)CC3COC4C(C#N)CCC34)c(C)cc2Cl)cc1. The van der Waals surface area contributed by atoms with Crippen LogP contribution in [0.3, 0.4) is 0 Å². The van der Waals surface area contributed by atoms with Gasteiger partial charge >= 0.3 is 0 Å². The third-order valence-corrected chi connectivity index (χ3v) is 8.12. The van der Waals surface area contributed by atoms with E-state index in [-0.39, 0.29) is 12.0 Å². The summed E-state index contributed by atoms with van der Waals surface area (Å²) in [5.74, 6) is 2.31. The quantitative estimate of drug-likeness (QED) is 0.330. The standard InChI is InChI=1S/C30H38ClN3O/c1-5-7-21(8-6-2)22-9-11-23(12-10-22)28-27(31)15-19(3)30(34-28)33-20(4)16-25-18-35-29-24(17-32)13-14-26(25)29/h9-12,15,21,24-26,29H,5-8,13-14,16,18H2,1-4H3. The van der Waals surface area contributed by atoms with E-state index in [9.17, 15) is 5.26 Å². The number of hydrogen-bond donors (Lipinski definition) is 0. The van der Waals surface area contributed by atoms with Crippen LogP contribution in [0.15, 0.2) is 35.3 Å². The molecule has 4 rings (SSSR count). The van der Waals surface area contributed by atoms with Crippen LogP contribution in [-0.2, 0) is 4.74 Å². The van der Waals surface area contributed by atoms with Gasteiger partial charge < -0.3 is 4.74 Å². The van der Waals surface area contributed by atoms with Gasteiger partial charge in [-0.05, 0) is 80.9 Å². The summed E-state index contributed by atoms with van der Waals surface area (Å²) >= 11 is 6.65. The number of halogens is 1. The summed E-state index contributed by atoms with van der Waals surface area (Å²) in [6.45, 7) is 9.33. The Morgan fingerprint density at radius 3 is 2.57 bits per heavy atom. The van der Waals surface area contributed by atoms with Crippen molar-refractivity contribution in [2.75, 3.05) is 6.61 Å². The minimum atomic E-state index is 0.0515. The fourth-order valence-electron chi connectivity index (χ4n) is 6.03. The van der Waals surface area contributed by atoms with Gasteiger partial charge in [-0.2, -0.15) is 5.26 Å². The van der Waals surface area contributed by atoms with Crippen LogP contribution in [-0.4, -0.2) is 23.4 Å². The third kappa shape index (κ3) is 5.79. The Hall–Kier alpha value is -2.22. The molecule has 0 bridgehead atoms. The molecule has 0 N–H and O–H groups in total. The zero-order chi connectivity index (χ0) is 24.9. The molecule has 4 unspecified atom stereocenters. The predicted molar refractivity (Wildman–Crippen MR) is 144 cm³/mol. The van der Waals surface area contributed by atoms with Crippen LogP contribution in [0, 0.1) is 36.0 Å². The molecule has 2 aromatic rings. The number of fused-ring (bicyclic) bond motifs is 1. The van der Waals surface area contributed by atoms with Crippen LogP contribution in [0.5, 0.6) is 0 Å². The van der Waals surface area contributed by atoms with E-state index >= 15 is 0 Å². The number of aromatic nitrogens is 1. The van der Waals surface area contributed by atoms with Gasteiger partial charge in [0.25, 0.3) is 0 Å². The number of ether oxygens (including phenoxy) is 1. The zero-order valence-corrected chi connectivity index (χ0v) is 22.3. The molecule has 1 aliphatic carbocycles. The Morgan fingerprint density at radius 1 is 1.20 bits per heavy atom. The summed E-state index contributed by atoms with van der Waals surface area (Å²) in [5, 5.41) is 10.0. The van der Waals surface area contributed by atoms with Crippen molar-refractivity contribution >= 4 is 23.1 Å². The summed E-state index contributed by atoms with van der Waals surface area (Å²) in [7, 11) is 0. The number of benzene rings is 1. The molecule has 1 saturated carbocycles. The summed E-state index contributed by atoms with van der Waals surface area (Å²) in [6, 6.07) is 13.2. The van der Waals surface area contributed by atoms with Crippen LogP contribution < -0.4 is 0 Å². The van der Waals surface area contributed by atoms with Crippen LogP contribution in [0.25, 0.3) is 11.3 Å². The largest absolute Gasteiger partial charge is 0.376 e. The fourth-order valence-corrected chi connectivity index (χ4v) is 6.34. The van der Waals surface area contributed by atoms with Gasteiger partial charge in [-0.3, -0.25) is 0 Å². The number of nitrogens with zero attached hydrogens (tertiary/aromatic N) is 3. The molecule has 4 atom stereocenters. The molecule has 0 radical (unpaired) electrons. The number of pyridine rings is 1. The highest BCUT2D eigenvalue weighted by Gasteiger charge is 2.46. The lowest BCUT2D eigenvalue weighted by molar-refractivity contribution is 0.0808. The number of aryl methyl sites for hydroxylation is 1. The Bertz CT molecular complexity index is 1080. The lowest BCUT2D eigenvalue weighted by atomic mass is 9.87. The van der Waals surface area contributed by atoms with E-state index in [4.69, 9.17) is 26.3 Å². The van der Waals surface area contributed by atoms with E-state index in [0.717, 1.165) is 54.2 Å². The molecule has 2 fully saturated rings. The number of aliphatic imine (C=N–C) groups is 1. The van der Waals surface area contributed by atoms with E-state index in [1.54, 1.807) is 0 Å². The summed E-state index contributed by atoms with van der Waals surface area (Å²) in [5.41, 5.74) is 5.25. The number of hydrogen-bond acceptors (Lipinski definition) is 4. The van der Waals surface area contributed by atoms with E-state index in [1.807, 2.05) is 13.0 Å². The van der Waals surface area contributed by atoms with E-state index < -0.39 is 0 Å². The van der Waals surface area contributed by atoms with Gasteiger partial charge in [0.1, 0.15) is 0 Å². The van der Waals surface area contributed by atoms with Gasteiger partial charge in [0.15, 0.2) is 5.82 Å². The van der Waals surface area contributed by atoms with Gasteiger partial charge in [-0.1, -0.05) is 62.6 Å². The van der Waals surface area contributed by atoms with Crippen molar-refractivity contribution in [1.29, 1.82) is 5.26 Å². The first-order chi connectivity index (χ1) is 16.9. The summed E-state index contributed by atoms with van der Waals surface area (Å²) < 4.78 is 6.01. The Labute approximate surface area is 215 Å². The normalized spacial score (nSPS) is 24.1. The Morgan fingerprint density at radius 2 is 1.91 bits per heavy atom.